The van der Waals surface area contributed by atoms with E-state index in [0.29, 0.717) is 0 Å². The molecule has 0 atom stereocenters. The molecule has 0 aliphatic carbocycles. The van der Waals surface area contributed by atoms with E-state index in [1.807, 2.05) is 0 Å². The van der Waals surface area contributed by atoms with Crippen molar-refractivity contribution < 1.29 is 59.9 Å². The summed E-state index contributed by atoms with van der Waals surface area (Å²) in [7, 11) is 0. The number of hydrogen-bond donors (Lipinski definition) is 0. The molecule has 0 saturated heterocycles. The predicted octanol–water partition coefficient (Wildman–Crippen LogP) is -0.171. The molecule has 5 nitrogen and oxygen atoms in total. The summed E-state index contributed by atoms with van der Waals surface area (Å²) in [4.78, 5) is 20.1. The molecule has 2 rings (SSSR count). The SMILES string of the molecule is O.O=C([O-])c1c(F)cccc1F.O=C([O-])c1c(F)cccc1F.[Cu+2]. The maximum Gasteiger partial charge on any atom is 2.00 e. The molecule has 0 amide bonds. The summed E-state index contributed by atoms with van der Waals surface area (Å²) in [6.07, 6.45) is 0. The van der Waals surface area contributed by atoms with Crippen LogP contribution in [-0.4, -0.2) is 17.4 Å². The molecule has 133 valence electrons. The van der Waals surface area contributed by atoms with Gasteiger partial charge in [0.25, 0.3) is 0 Å². The maximum absolute atomic E-state index is 12.4. The van der Waals surface area contributed by atoms with Crippen molar-refractivity contribution in [2.45, 2.75) is 0 Å². The van der Waals surface area contributed by atoms with Gasteiger partial charge >= 0.3 is 17.1 Å². The topological polar surface area (TPSA) is 112 Å². The van der Waals surface area contributed by atoms with Crippen LogP contribution in [0.3, 0.4) is 0 Å². The van der Waals surface area contributed by atoms with Crippen molar-refractivity contribution >= 4 is 11.9 Å². The summed E-state index contributed by atoms with van der Waals surface area (Å²) in [6.45, 7) is 0. The summed E-state index contributed by atoms with van der Waals surface area (Å²) in [5, 5.41) is 20.1. The van der Waals surface area contributed by atoms with Gasteiger partial charge in [-0.1, -0.05) is 12.1 Å². The zero-order valence-electron chi connectivity index (χ0n) is 11.4. The second kappa shape index (κ2) is 10.4. The molecule has 0 spiro atoms. The van der Waals surface area contributed by atoms with Crippen LogP contribution in [0.4, 0.5) is 17.6 Å². The summed E-state index contributed by atoms with van der Waals surface area (Å²) < 4.78 is 49.8. The molecule has 24 heavy (non-hydrogen) atoms. The number of rotatable bonds is 2. The third kappa shape index (κ3) is 5.99. The van der Waals surface area contributed by atoms with Crippen molar-refractivity contribution in [2.24, 2.45) is 0 Å². The van der Waals surface area contributed by atoms with Gasteiger partial charge in [0.15, 0.2) is 0 Å². The van der Waals surface area contributed by atoms with E-state index in [-0.39, 0.29) is 22.5 Å². The number of carboxylic acid groups (broad SMARTS) is 2. The third-order valence-electron chi connectivity index (χ3n) is 2.33. The summed E-state index contributed by atoms with van der Waals surface area (Å²) >= 11 is 0. The number of carboxylic acids is 2. The fourth-order valence-electron chi connectivity index (χ4n) is 1.39. The molecule has 0 heterocycles. The van der Waals surface area contributed by atoms with Crippen LogP contribution in [0.2, 0.25) is 0 Å². The van der Waals surface area contributed by atoms with Crippen molar-refractivity contribution in [3.05, 3.63) is 70.8 Å². The average molecular weight is 396 g/mol. The molecule has 1 radical (unpaired) electrons. The van der Waals surface area contributed by atoms with Crippen LogP contribution in [0.5, 0.6) is 0 Å². The fourth-order valence-corrected chi connectivity index (χ4v) is 1.39. The molecule has 0 bridgehead atoms. The molecule has 0 aliphatic heterocycles. The van der Waals surface area contributed by atoms with Gasteiger partial charge < -0.3 is 25.3 Å². The average Bonchev–Trinajstić information content (AvgIpc) is 2.38. The normalized spacial score (nSPS) is 8.83. The molecule has 0 aromatic heterocycles. The summed E-state index contributed by atoms with van der Waals surface area (Å²) in [5.74, 6) is -8.17. The van der Waals surface area contributed by atoms with E-state index >= 15 is 0 Å². The van der Waals surface area contributed by atoms with E-state index in [1.54, 1.807) is 0 Å². The van der Waals surface area contributed by atoms with Crippen LogP contribution in [-0.2, 0) is 17.1 Å². The van der Waals surface area contributed by atoms with Crippen LogP contribution >= 0.6 is 0 Å². The molecule has 0 aliphatic rings. The van der Waals surface area contributed by atoms with Gasteiger partial charge in [0.2, 0.25) is 0 Å². The molecular weight excluding hydrogens is 388 g/mol. The van der Waals surface area contributed by atoms with Crippen LogP contribution < -0.4 is 10.2 Å². The van der Waals surface area contributed by atoms with E-state index in [2.05, 4.69) is 0 Å². The van der Waals surface area contributed by atoms with Gasteiger partial charge in [-0.15, -0.1) is 0 Å². The summed E-state index contributed by atoms with van der Waals surface area (Å²) in [6, 6.07) is 5.58. The second-order valence-corrected chi connectivity index (χ2v) is 3.77. The number of hydrogen-bond acceptors (Lipinski definition) is 4. The van der Waals surface area contributed by atoms with Gasteiger partial charge in [-0.2, -0.15) is 0 Å². The standard InChI is InChI=1S/2C7H4F2O2.Cu.H2O/c2*8-4-2-1-3-5(9)6(4)7(10)11;;/h2*1-3H,(H,10,11);;1H2/q;;+2;/p-2. The molecule has 0 fully saturated rings. The molecule has 0 saturated carbocycles. The van der Waals surface area contributed by atoms with Crippen molar-refractivity contribution in [1.82, 2.24) is 0 Å². The molecule has 2 aromatic carbocycles. The number of aromatic carboxylic acids is 2. The quantitative estimate of drug-likeness (QED) is 0.519. The Labute approximate surface area is 143 Å². The van der Waals surface area contributed by atoms with Gasteiger partial charge in [0, 0.05) is 0 Å². The van der Waals surface area contributed by atoms with Gasteiger partial charge in [0.05, 0.1) is 23.1 Å². The van der Waals surface area contributed by atoms with E-state index in [9.17, 15) is 37.4 Å². The first-order valence-electron chi connectivity index (χ1n) is 5.56. The number of carbonyl (C=O) groups is 2. The van der Waals surface area contributed by atoms with Crippen molar-refractivity contribution in [3.63, 3.8) is 0 Å². The Bertz CT molecular complexity index is 622. The monoisotopic (exact) mass is 395 g/mol. The van der Waals surface area contributed by atoms with E-state index in [1.165, 1.54) is 0 Å². The molecular formula is C14H8CuF4O5. The van der Waals surface area contributed by atoms with Crippen molar-refractivity contribution in [2.75, 3.05) is 0 Å². The van der Waals surface area contributed by atoms with E-state index < -0.39 is 46.3 Å². The fraction of sp³-hybridized carbons (Fsp3) is 0. The smallest absolute Gasteiger partial charge is 0.545 e. The van der Waals surface area contributed by atoms with Crippen LogP contribution in [0.25, 0.3) is 0 Å². The summed E-state index contributed by atoms with van der Waals surface area (Å²) in [5.41, 5.74) is -2.04. The Morgan fingerprint density at radius 2 is 0.875 bits per heavy atom. The largest absolute Gasteiger partial charge is 2.00 e. The van der Waals surface area contributed by atoms with E-state index in [4.69, 9.17) is 0 Å². The van der Waals surface area contributed by atoms with Gasteiger partial charge in [-0.05, 0) is 24.3 Å². The number of benzene rings is 2. The van der Waals surface area contributed by atoms with Crippen molar-refractivity contribution in [1.29, 1.82) is 0 Å². The Balaban J connectivity index is 0. The number of carbonyl (C=O) groups excluding carboxylic acids is 2. The van der Waals surface area contributed by atoms with E-state index in [0.717, 1.165) is 36.4 Å². The molecule has 0 unspecified atom stereocenters. The minimum absolute atomic E-state index is 0. The van der Waals surface area contributed by atoms with Crippen LogP contribution in [0.15, 0.2) is 36.4 Å². The second-order valence-electron chi connectivity index (χ2n) is 3.77. The first-order chi connectivity index (χ1) is 10.3. The van der Waals surface area contributed by atoms with Gasteiger partial charge in [-0.3, -0.25) is 0 Å². The minimum Gasteiger partial charge on any atom is -0.545 e. The maximum atomic E-state index is 12.4. The zero-order chi connectivity index (χ0) is 16.9. The van der Waals surface area contributed by atoms with Crippen LogP contribution in [0, 0.1) is 23.3 Å². The first-order valence-corrected chi connectivity index (χ1v) is 5.56. The molecule has 2 N–H and O–H groups in total. The van der Waals surface area contributed by atoms with Crippen molar-refractivity contribution in [3.8, 4) is 0 Å². The zero-order valence-corrected chi connectivity index (χ0v) is 12.4. The Kier molecular flexibility index (Phi) is 10.3. The number of halogens is 4. The molecule has 10 heteroatoms. The third-order valence-corrected chi connectivity index (χ3v) is 2.33. The molecule has 2 aromatic rings. The van der Waals surface area contributed by atoms with Gasteiger partial charge in [-0.25, -0.2) is 17.6 Å². The predicted molar refractivity (Wildman–Crippen MR) is 65.0 cm³/mol. The Morgan fingerprint density at radius 1 is 0.667 bits per heavy atom. The minimum atomic E-state index is -1.85. The Morgan fingerprint density at radius 3 is 1.00 bits per heavy atom. The Hall–Kier alpha value is -2.42. The van der Waals surface area contributed by atoms with Gasteiger partial charge in [0.1, 0.15) is 23.3 Å². The first kappa shape index (κ1) is 23.8. The van der Waals surface area contributed by atoms with Crippen LogP contribution in [0.1, 0.15) is 20.7 Å².